The Balaban J connectivity index is 2.47. The van der Waals surface area contributed by atoms with Crippen LogP contribution in [0.15, 0.2) is 17.1 Å². The van der Waals surface area contributed by atoms with Crippen molar-refractivity contribution in [3.63, 3.8) is 0 Å². The normalized spacial score (nSPS) is 10.5. The number of carbonyl (C=O) groups is 1. The Hall–Kier alpha value is -2.49. The van der Waals surface area contributed by atoms with Gasteiger partial charge in [-0.05, 0) is 27.7 Å². The molecule has 0 aliphatic rings. The number of amides is 1. The van der Waals surface area contributed by atoms with Crippen LogP contribution in [0.2, 0.25) is 0 Å². The number of aryl methyl sites for hydroxylation is 1. The minimum absolute atomic E-state index is 0.182. The fourth-order valence-corrected chi connectivity index (χ4v) is 1.78. The van der Waals surface area contributed by atoms with Crippen molar-refractivity contribution >= 4 is 11.8 Å². The van der Waals surface area contributed by atoms with E-state index in [2.05, 4.69) is 22.3 Å². The van der Waals surface area contributed by atoms with Crippen LogP contribution in [0.1, 0.15) is 34.1 Å². The lowest BCUT2D eigenvalue weighted by molar-refractivity contribution is 0.0305. The second-order valence-electron chi connectivity index (χ2n) is 6.31. The van der Waals surface area contributed by atoms with Crippen LogP contribution in [-0.2, 0) is 11.3 Å². The molecular weight excluding hydrogens is 308 g/mol. The molecule has 1 rings (SSSR count). The van der Waals surface area contributed by atoms with Gasteiger partial charge in [0.05, 0.1) is 18.4 Å². The molecule has 0 atom stereocenters. The molecule has 0 spiro atoms. The Labute approximate surface area is 143 Å². The predicted octanol–water partition coefficient (Wildman–Crippen LogP) is 1.94. The molecule has 132 valence electrons. The van der Waals surface area contributed by atoms with Gasteiger partial charge in [-0.25, -0.2) is 9.48 Å². The van der Waals surface area contributed by atoms with E-state index in [0.717, 1.165) is 0 Å². The van der Waals surface area contributed by atoms with E-state index in [1.807, 2.05) is 20.8 Å². The zero-order chi connectivity index (χ0) is 18.2. The predicted molar refractivity (Wildman–Crippen MR) is 93.9 cm³/mol. The molecule has 0 bridgehead atoms. The highest BCUT2D eigenvalue weighted by Gasteiger charge is 2.19. The first kappa shape index (κ1) is 19.6. The lowest BCUT2D eigenvalue weighted by atomic mass is 10.2. The van der Waals surface area contributed by atoms with E-state index in [4.69, 9.17) is 4.74 Å². The highest BCUT2D eigenvalue weighted by Crippen LogP contribution is 2.09. The highest BCUT2D eigenvalue weighted by atomic mass is 16.6. The van der Waals surface area contributed by atoms with Gasteiger partial charge < -0.3 is 15.0 Å². The molecule has 1 amide bonds. The third-order valence-corrected chi connectivity index (χ3v) is 2.98. The summed E-state index contributed by atoms with van der Waals surface area (Å²) in [5.74, 6) is 5.68. The smallest absolute Gasteiger partial charge is 0.410 e. The molecule has 1 aromatic rings. The standard InChI is InChI=1S/C17H26N4O3/c1-6-7-8-10-21-15(22)12-14(13-19-21)18-9-11-20(5)16(23)24-17(2,3)4/h12-13,18H,8-11H2,1-5H3. The molecule has 0 aromatic carbocycles. The minimum Gasteiger partial charge on any atom is -0.444 e. The van der Waals surface area contributed by atoms with Gasteiger partial charge in [-0.3, -0.25) is 4.79 Å². The molecule has 0 radical (unpaired) electrons. The molecule has 0 saturated heterocycles. The van der Waals surface area contributed by atoms with Gasteiger partial charge in [-0.15, -0.1) is 11.8 Å². The highest BCUT2D eigenvalue weighted by molar-refractivity contribution is 5.67. The summed E-state index contributed by atoms with van der Waals surface area (Å²) in [6.45, 7) is 8.64. The van der Waals surface area contributed by atoms with Gasteiger partial charge in [-0.1, -0.05) is 0 Å². The van der Waals surface area contributed by atoms with Crippen LogP contribution in [0.25, 0.3) is 0 Å². The number of nitrogens with zero attached hydrogens (tertiary/aromatic N) is 3. The van der Waals surface area contributed by atoms with Crippen molar-refractivity contribution in [2.75, 3.05) is 25.5 Å². The molecule has 1 heterocycles. The number of anilines is 1. The van der Waals surface area contributed by atoms with E-state index >= 15 is 0 Å². The fraction of sp³-hybridized carbons (Fsp3) is 0.588. The number of rotatable bonds is 6. The Morgan fingerprint density at radius 1 is 1.46 bits per heavy atom. The molecular formula is C17H26N4O3. The van der Waals surface area contributed by atoms with Crippen molar-refractivity contribution in [3.05, 3.63) is 22.6 Å². The third kappa shape index (κ3) is 7.18. The van der Waals surface area contributed by atoms with Crippen molar-refractivity contribution in [1.82, 2.24) is 14.7 Å². The minimum atomic E-state index is -0.518. The number of hydrogen-bond acceptors (Lipinski definition) is 5. The van der Waals surface area contributed by atoms with E-state index < -0.39 is 5.60 Å². The van der Waals surface area contributed by atoms with Crippen LogP contribution in [0.4, 0.5) is 10.5 Å². The molecule has 0 unspecified atom stereocenters. The maximum absolute atomic E-state index is 11.9. The summed E-state index contributed by atoms with van der Waals surface area (Å²) < 4.78 is 6.64. The summed E-state index contributed by atoms with van der Waals surface area (Å²) in [5, 5.41) is 7.18. The molecule has 0 fully saturated rings. The van der Waals surface area contributed by atoms with Gasteiger partial charge >= 0.3 is 6.09 Å². The second kappa shape index (κ2) is 8.96. The first-order valence-electron chi connectivity index (χ1n) is 7.87. The Morgan fingerprint density at radius 2 is 2.17 bits per heavy atom. The molecule has 0 aliphatic heterocycles. The number of likely N-dealkylation sites (N-methyl/N-ethyl adjacent to an activating group) is 1. The molecule has 0 saturated carbocycles. The summed E-state index contributed by atoms with van der Waals surface area (Å²) in [6, 6.07) is 1.49. The average Bonchev–Trinajstić information content (AvgIpc) is 2.47. The number of ether oxygens (including phenoxy) is 1. The van der Waals surface area contributed by atoms with E-state index in [1.165, 1.54) is 15.6 Å². The number of aromatic nitrogens is 2. The second-order valence-corrected chi connectivity index (χ2v) is 6.31. The van der Waals surface area contributed by atoms with E-state index in [9.17, 15) is 9.59 Å². The lowest BCUT2D eigenvalue weighted by Crippen LogP contribution is -2.36. The van der Waals surface area contributed by atoms with Gasteiger partial charge in [0.2, 0.25) is 0 Å². The van der Waals surface area contributed by atoms with Crippen molar-refractivity contribution in [1.29, 1.82) is 0 Å². The first-order chi connectivity index (χ1) is 11.2. The SMILES string of the molecule is CC#CCCn1ncc(NCCN(C)C(=O)OC(C)(C)C)cc1=O. The van der Waals surface area contributed by atoms with Crippen molar-refractivity contribution in [2.45, 2.75) is 46.3 Å². The van der Waals surface area contributed by atoms with Crippen LogP contribution in [0.5, 0.6) is 0 Å². The summed E-state index contributed by atoms with van der Waals surface area (Å²) in [5.41, 5.74) is -0.0798. The Kier molecular flexibility index (Phi) is 7.31. The fourth-order valence-electron chi connectivity index (χ4n) is 1.78. The van der Waals surface area contributed by atoms with E-state index in [1.54, 1.807) is 20.2 Å². The molecule has 0 aliphatic carbocycles. The maximum atomic E-state index is 11.9. The Bertz CT molecular complexity index is 665. The van der Waals surface area contributed by atoms with Gasteiger partial charge in [0.15, 0.2) is 0 Å². The molecule has 1 aromatic heterocycles. The summed E-state index contributed by atoms with van der Waals surface area (Å²) >= 11 is 0. The lowest BCUT2D eigenvalue weighted by Gasteiger charge is -2.24. The van der Waals surface area contributed by atoms with E-state index in [0.29, 0.717) is 31.7 Å². The quantitative estimate of drug-likeness (QED) is 0.805. The summed E-state index contributed by atoms with van der Waals surface area (Å²) in [7, 11) is 1.67. The van der Waals surface area contributed by atoms with Crippen LogP contribution < -0.4 is 10.9 Å². The van der Waals surface area contributed by atoms with Crippen molar-refractivity contribution in [3.8, 4) is 11.8 Å². The molecule has 7 nitrogen and oxygen atoms in total. The number of carbonyl (C=O) groups excluding carboxylic acids is 1. The van der Waals surface area contributed by atoms with E-state index in [-0.39, 0.29) is 11.7 Å². The molecule has 1 N–H and O–H groups in total. The zero-order valence-electron chi connectivity index (χ0n) is 15.0. The average molecular weight is 334 g/mol. The number of hydrogen-bond donors (Lipinski definition) is 1. The molecule has 24 heavy (non-hydrogen) atoms. The topological polar surface area (TPSA) is 76.5 Å². The maximum Gasteiger partial charge on any atom is 0.410 e. The largest absolute Gasteiger partial charge is 0.444 e. The van der Waals surface area contributed by atoms with Crippen LogP contribution in [0, 0.1) is 11.8 Å². The Morgan fingerprint density at radius 3 is 2.75 bits per heavy atom. The number of nitrogens with one attached hydrogen (secondary N) is 1. The summed E-state index contributed by atoms with van der Waals surface area (Å²) in [4.78, 5) is 25.2. The summed E-state index contributed by atoms with van der Waals surface area (Å²) in [6.07, 6.45) is 1.81. The van der Waals surface area contributed by atoms with Crippen LogP contribution >= 0.6 is 0 Å². The van der Waals surface area contributed by atoms with Gasteiger partial charge in [0, 0.05) is 32.6 Å². The first-order valence-corrected chi connectivity index (χ1v) is 7.87. The van der Waals surface area contributed by atoms with Gasteiger partial charge in [-0.2, -0.15) is 5.10 Å². The van der Waals surface area contributed by atoms with Crippen LogP contribution in [-0.4, -0.2) is 46.5 Å². The van der Waals surface area contributed by atoms with Gasteiger partial charge in [0.1, 0.15) is 5.60 Å². The third-order valence-electron chi connectivity index (χ3n) is 2.98. The molecule has 7 heteroatoms. The van der Waals surface area contributed by atoms with Crippen molar-refractivity contribution < 1.29 is 9.53 Å². The van der Waals surface area contributed by atoms with Crippen molar-refractivity contribution in [2.24, 2.45) is 0 Å². The van der Waals surface area contributed by atoms with Crippen LogP contribution in [0.3, 0.4) is 0 Å². The zero-order valence-corrected chi connectivity index (χ0v) is 15.0. The van der Waals surface area contributed by atoms with Gasteiger partial charge in [0.25, 0.3) is 5.56 Å². The monoisotopic (exact) mass is 334 g/mol.